The largest absolute Gasteiger partial charge is 0.289 e. The SMILES string of the molecule is CSC(=CC(=O)c1ccccc1Cc1ccccc1)SC. The molecule has 2 aromatic rings. The second-order valence-corrected chi connectivity index (χ2v) is 6.51. The summed E-state index contributed by atoms with van der Waals surface area (Å²) in [5, 5.41) is 0. The molecule has 0 fully saturated rings. The zero-order valence-electron chi connectivity index (χ0n) is 12.2. The van der Waals surface area contributed by atoms with Gasteiger partial charge in [0.2, 0.25) is 0 Å². The van der Waals surface area contributed by atoms with Crippen LogP contribution in [0.2, 0.25) is 0 Å². The first kappa shape index (κ1) is 15.9. The van der Waals surface area contributed by atoms with Crippen LogP contribution in [0.5, 0.6) is 0 Å². The average molecular weight is 314 g/mol. The average Bonchev–Trinajstić information content (AvgIpc) is 2.54. The minimum atomic E-state index is 0.0835. The monoisotopic (exact) mass is 314 g/mol. The normalized spacial score (nSPS) is 10.2. The van der Waals surface area contributed by atoms with Crippen molar-refractivity contribution in [3.63, 3.8) is 0 Å². The summed E-state index contributed by atoms with van der Waals surface area (Å²) < 4.78 is 1.04. The third-order valence-electron chi connectivity index (χ3n) is 3.17. The highest BCUT2D eigenvalue weighted by molar-refractivity contribution is 8.21. The van der Waals surface area contributed by atoms with Crippen molar-refractivity contribution in [2.75, 3.05) is 12.5 Å². The van der Waals surface area contributed by atoms with E-state index in [0.717, 1.165) is 21.8 Å². The number of rotatable bonds is 6. The number of thioether (sulfide) groups is 2. The Balaban J connectivity index is 2.29. The summed E-state index contributed by atoms with van der Waals surface area (Å²) in [6.45, 7) is 0. The molecule has 1 nitrogen and oxygen atoms in total. The molecule has 0 saturated carbocycles. The highest BCUT2D eigenvalue weighted by Gasteiger charge is 2.10. The molecule has 0 spiro atoms. The predicted molar refractivity (Wildman–Crippen MR) is 95.1 cm³/mol. The van der Waals surface area contributed by atoms with Crippen LogP contribution in [0.25, 0.3) is 0 Å². The van der Waals surface area contributed by atoms with Crippen LogP contribution in [0.1, 0.15) is 21.5 Å². The van der Waals surface area contributed by atoms with E-state index in [2.05, 4.69) is 12.1 Å². The summed E-state index contributed by atoms with van der Waals surface area (Å²) in [4.78, 5) is 12.5. The van der Waals surface area contributed by atoms with E-state index >= 15 is 0 Å². The van der Waals surface area contributed by atoms with Crippen molar-refractivity contribution >= 4 is 29.3 Å². The van der Waals surface area contributed by atoms with Crippen LogP contribution in [0.3, 0.4) is 0 Å². The standard InChI is InChI=1S/C18H18OS2/c1-20-18(21-2)13-17(19)16-11-7-6-10-15(16)12-14-8-4-3-5-9-14/h3-11,13H,12H2,1-2H3. The summed E-state index contributed by atoms with van der Waals surface area (Å²) in [6.07, 6.45) is 6.50. The van der Waals surface area contributed by atoms with Crippen molar-refractivity contribution in [2.24, 2.45) is 0 Å². The Kier molecular flexibility index (Phi) is 6.15. The number of hydrogen-bond acceptors (Lipinski definition) is 3. The summed E-state index contributed by atoms with van der Waals surface area (Å²) >= 11 is 3.21. The first-order valence-corrected chi connectivity index (χ1v) is 9.15. The second-order valence-electron chi connectivity index (χ2n) is 4.56. The van der Waals surface area contributed by atoms with Crippen molar-refractivity contribution in [3.05, 3.63) is 81.6 Å². The molecular weight excluding hydrogens is 296 g/mol. The molecule has 0 aliphatic rings. The van der Waals surface area contributed by atoms with Crippen molar-refractivity contribution < 1.29 is 4.79 Å². The molecule has 2 rings (SSSR count). The molecule has 0 aliphatic carbocycles. The molecule has 0 aromatic heterocycles. The molecule has 0 heterocycles. The van der Waals surface area contributed by atoms with Crippen molar-refractivity contribution in [3.8, 4) is 0 Å². The zero-order valence-corrected chi connectivity index (χ0v) is 13.8. The van der Waals surface area contributed by atoms with E-state index in [4.69, 9.17) is 0 Å². The van der Waals surface area contributed by atoms with Crippen LogP contribution in [0, 0.1) is 0 Å². The quantitative estimate of drug-likeness (QED) is 0.550. The Morgan fingerprint density at radius 3 is 2.24 bits per heavy atom. The number of carbonyl (C=O) groups is 1. The van der Waals surface area contributed by atoms with Crippen LogP contribution >= 0.6 is 23.5 Å². The summed E-state index contributed by atoms with van der Waals surface area (Å²) in [6, 6.07) is 18.1. The first-order chi connectivity index (χ1) is 10.2. The molecule has 21 heavy (non-hydrogen) atoms. The van der Waals surface area contributed by atoms with E-state index in [1.165, 1.54) is 5.56 Å². The van der Waals surface area contributed by atoms with Gasteiger partial charge in [-0.2, -0.15) is 0 Å². The molecule has 0 unspecified atom stereocenters. The van der Waals surface area contributed by atoms with Gasteiger partial charge in [0.1, 0.15) is 0 Å². The maximum Gasteiger partial charge on any atom is 0.187 e. The molecule has 0 atom stereocenters. The number of benzene rings is 2. The van der Waals surface area contributed by atoms with Gasteiger partial charge >= 0.3 is 0 Å². The lowest BCUT2D eigenvalue weighted by Crippen LogP contribution is -2.02. The van der Waals surface area contributed by atoms with Crippen molar-refractivity contribution in [1.82, 2.24) is 0 Å². The minimum absolute atomic E-state index is 0.0835. The van der Waals surface area contributed by atoms with E-state index in [-0.39, 0.29) is 5.78 Å². The van der Waals surface area contributed by atoms with Crippen LogP contribution in [-0.4, -0.2) is 18.3 Å². The lowest BCUT2D eigenvalue weighted by atomic mass is 9.97. The number of hydrogen-bond donors (Lipinski definition) is 0. The Bertz CT molecular complexity index is 627. The molecule has 108 valence electrons. The molecule has 0 amide bonds. The van der Waals surface area contributed by atoms with Crippen LogP contribution in [0.15, 0.2) is 64.9 Å². The third kappa shape index (κ3) is 4.51. The number of carbonyl (C=O) groups excluding carboxylic acids is 1. The van der Waals surface area contributed by atoms with Crippen LogP contribution < -0.4 is 0 Å². The van der Waals surface area contributed by atoms with Gasteiger partial charge in [-0.25, -0.2) is 0 Å². The van der Waals surface area contributed by atoms with Crippen molar-refractivity contribution in [1.29, 1.82) is 0 Å². The van der Waals surface area contributed by atoms with Gasteiger partial charge in [0, 0.05) is 15.9 Å². The number of allylic oxidation sites excluding steroid dienone is 1. The third-order valence-corrected chi connectivity index (χ3v) is 5.21. The second kappa shape index (κ2) is 8.11. The molecule has 2 aromatic carbocycles. The molecule has 0 radical (unpaired) electrons. The van der Waals surface area contributed by atoms with E-state index < -0.39 is 0 Å². The molecule has 0 N–H and O–H groups in total. The Labute approximate surface area is 134 Å². The van der Waals surface area contributed by atoms with Crippen LogP contribution in [-0.2, 0) is 6.42 Å². The van der Waals surface area contributed by atoms with Gasteiger partial charge in [-0.15, -0.1) is 23.5 Å². The van der Waals surface area contributed by atoms with E-state index in [1.807, 2.05) is 55.0 Å². The summed E-state index contributed by atoms with van der Waals surface area (Å²) in [5.74, 6) is 0.0835. The van der Waals surface area contributed by atoms with Gasteiger partial charge in [-0.05, 0) is 30.1 Å². The fourth-order valence-electron chi connectivity index (χ4n) is 2.12. The van der Waals surface area contributed by atoms with Gasteiger partial charge < -0.3 is 0 Å². The number of ketones is 1. The maximum absolute atomic E-state index is 12.5. The van der Waals surface area contributed by atoms with Gasteiger partial charge in [-0.1, -0.05) is 54.6 Å². The molecule has 0 saturated heterocycles. The van der Waals surface area contributed by atoms with Gasteiger partial charge in [0.15, 0.2) is 5.78 Å². The minimum Gasteiger partial charge on any atom is -0.289 e. The molecule has 0 bridgehead atoms. The fraction of sp³-hybridized carbons (Fsp3) is 0.167. The van der Waals surface area contributed by atoms with Gasteiger partial charge in [0.05, 0.1) is 0 Å². The summed E-state index contributed by atoms with van der Waals surface area (Å²) in [5.41, 5.74) is 3.09. The Morgan fingerprint density at radius 1 is 0.952 bits per heavy atom. The Morgan fingerprint density at radius 2 is 1.57 bits per heavy atom. The first-order valence-electron chi connectivity index (χ1n) is 6.70. The highest BCUT2D eigenvalue weighted by Crippen LogP contribution is 2.25. The Hall–Kier alpha value is -1.45. The molecule has 0 aliphatic heterocycles. The molecule has 3 heteroatoms. The highest BCUT2D eigenvalue weighted by atomic mass is 32.2. The maximum atomic E-state index is 12.5. The van der Waals surface area contributed by atoms with Gasteiger partial charge in [-0.3, -0.25) is 4.79 Å². The summed E-state index contributed by atoms with van der Waals surface area (Å²) in [7, 11) is 0. The van der Waals surface area contributed by atoms with E-state index in [9.17, 15) is 4.79 Å². The van der Waals surface area contributed by atoms with E-state index in [1.54, 1.807) is 29.6 Å². The van der Waals surface area contributed by atoms with Crippen LogP contribution in [0.4, 0.5) is 0 Å². The predicted octanol–water partition coefficient (Wildman–Crippen LogP) is 5.03. The topological polar surface area (TPSA) is 17.1 Å². The lowest BCUT2D eigenvalue weighted by Gasteiger charge is -2.08. The lowest BCUT2D eigenvalue weighted by molar-refractivity contribution is 0.104. The smallest absolute Gasteiger partial charge is 0.187 e. The fourth-order valence-corrected chi connectivity index (χ4v) is 3.23. The van der Waals surface area contributed by atoms with Gasteiger partial charge in [0.25, 0.3) is 0 Å². The van der Waals surface area contributed by atoms with E-state index in [0.29, 0.717) is 0 Å². The zero-order chi connectivity index (χ0) is 15.1. The molecular formula is C18H18OS2. The van der Waals surface area contributed by atoms with Crippen molar-refractivity contribution in [2.45, 2.75) is 6.42 Å².